The molecule has 1 amide bonds. The minimum atomic E-state index is -0.177. The van der Waals surface area contributed by atoms with Crippen molar-refractivity contribution in [3.05, 3.63) is 110 Å². The second kappa shape index (κ2) is 8.23. The van der Waals surface area contributed by atoms with Gasteiger partial charge in [-0.2, -0.15) is 0 Å². The van der Waals surface area contributed by atoms with Crippen molar-refractivity contribution in [1.29, 1.82) is 0 Å². The Hall–Kier alpha value is -3.66. The molecule has 0 bridgehead atoms. The number of pyridine rings is 1. The second-order valence-corrected chi connectivity index (χ2v) is 8.26. The number of nitrogens with one attached hydrogen (secondary N) is 1. The number of aromatic amines is 1. The maximum absolute atomic E-state index is 13.6. The molecule has 156 valence electrons. The summed E-state index contributed by atoms with van der Waals surface area (Å²) in [5.74, 6) is -0.127. The summed E-state index contributed by atoms with van der Waals surface area (Å²) < 4.78 is 0. The first kappa shape index (κ1) is 20.6. The largest absolute Gasteiger partial charge is 0.322 e. The van der Waals surface area contributed by atoms with E-state index in [1.54, 1.807) is 4.90 Å². The number of hydrogen-bond acceptors (Lipinski definition) is 2. The molecule has 4 rings (SSSR count). The van der Waals surface area contributed by atoms with Crippen LogP contribution in [0.1, 0.15) is 38.2 Å². The molecule has 0 aliphatic rings. The van der Waals surface area contributed by atoms with E-state index in [1.807, 2.05) is 94.4 Å². The average molecular weight is 411 g/mol. The molecule has 4 aromatic rings. The maximum atomic E-state index is 13.6. The van der Waals surface area contributed by atoms with Crippen molar-refractivity contribution in [2.24, 2.45) is 0 Å². The molecule has 0 saturated heterocycles. The highest BCUT2D eigenvalue weighted by Gasteiger charge is 2.21. The third-order valence-corrected chi connectivity index (χ3v) is 5.60. The zero-order valence-electron chi connectivity index (χ0n) is 18.3. The maximum Gasteiger partial charge on any atom is 0.258 e. The van der Waals surface area contributed by atoms with Crippen molar-refractivity contribution in [2.75, 3.05) is 4.90 Å². The van der Waals surface area contributed by atoms with Gasteiger partial charge in [0.15, 0.2) is 0 Å². The highest BCUT2D eigenvalue weighted by Crippen LogP contribution is 2.26. The van der Waals surface area contributed by atoms with E-state index in [-0.39, 0.29) is 18.0 Å². The highest BCUT2D eigenvalue weighted by atomic mass is 16.2. The lowest BCUT2D eigenvalue weighted by molar-refractivity contribution is 0.0985. The molecule has 4 nitrogen and oxygen atoms in total. The van der Waals surface area contributed by atoms with E-state index < -0.39 is 0 Å². The molecular formula is C27H26N2O2. The summed E-state index contributed by atoms with van der Waals surface area (Å²) >= 11 is 0. The fraction of sp³-hybridized carbons (Fsp3) is 0.185. The molecule has 0 aliphatic heterocycles. The Bertz CT molecular complexity index is 1330. The molecule has 0 unspecified atom stereocenters. The van der Waals surface area contributed by atoms with Crippen molar-refractivity contribution < 1.29 is 4.79 Å². The van der Waals surface area contributed by atoms with Gasteiger partial charge in [0, 0.05) is 22.3 Å². The number of anilines is 1. The number of carbonyl (C=O) groups excluding carboxylic acids is 1. The third kappa shape index (κ3) is 4.29. The third-order valence-electron chi connectivity index (χ3n) is 5.60. The number of benzene rings is 3. The van der Waals surface area contributed by atoms with Crippen LogP contribution in [0.5, 0.6) is 0 Å². The van der Waals surface area contributed by atoms with Gasteiger partial charge in [0.2, 0.25) is 0 Å². The average Bonchev–Trinajstić information content (AvgIpc) is 2.74. The molecular weight excluding hydrogens is 384 g/mol. The molecule has 0 spiro atoms. The quantitative estimate of drug-likeness (QED) is 0.475. The van der Waals surface area contributed by atoms with Gasteiger partial charge in [-0.3, -0.25) is 9.59 Å². The second-order valence-electron chi connectivity index (χ2n) is 8.26. The van der Waals surface area contributed by atoms with E-state index in [0.29, 0.717) is 11.1 Å². The Morgan fingerprint density at radius 1 is 0.806 bits per heavy atom. The van der Waals surface area contributed by atoms with Gasteiger partial charge in [-0.05, 0) is 80.6 Å². The molecule has 0 radical (unpaired) electrons. The van der Waals surface area contributed by atoms with Crippen LogP contribution >= 0.6 is 0 Å². The monoisotopic (exact) mass is 410 g/mol. The van der Waals surface area contributed by atoms with Gasteiger partial charge >= 0.3 is 0 Å². The molecule has 0 fully saturated rings. The lowest BCUT2D eigenvalue weighted by Gasteiger charge is -2.25. The summed E-state index contributed by atoms with van der Waals surface area (Å²) in [6.45, 7) is 8.19. The topological polar surface area (TPSA) is 53.2 Å². The number of amides is 1. The first-order valence-corrected chi connectivity index (χ1v) is 10.4. The van der Waals surface area contributed by atoms with Crippen LogP contribution in [-0.4, -0.2) is 10.9 Å². The van der Waals surface area contributed by atoms with Crippen molar-refractivity contribution in [3.63, 3.8) is 0 Å². The minimum Gasteiger partial charge on any atom is -0.322 e. The summed E-state index contributed by atoms with van der Waals surface area (Å²) in [5, 5.41) is 0.957. The van der Waals surface area contributed by atoms with Crippen LogP contribution < -0.4 is 10.5 Å². The number of hydrogen-bond donors (Lipinski definition) is 1. The molecule has 31 heavy (non-hydrogen) atoms. The Labute approximate surface area is 182 Å². The number of aryl methyl sites for hydroxylation is 4. The van der Waals surface area contributed by atoms with Crippen LogP contribution in [-0.2, 0) is 6.54 Å². The summed E-state index contributed by atoms with van der Waals surface area (Å²) in [5.41, 5.74) is 6.84. The lowest BCUT2D eigenvalue weighted by Crippen LogP contribution is -2.33. The molecule has 0 aliphatic carbocycles. The van der Waals surface area contributed by atoms with Crippen LogP contribution in [0.2, 0.25) is 0 Å². The lowest BCUT2D eigenvalue weighted by atomic mass is 10.1. The molecule has 0 atom stereocenters. The van der Waals surface area contributed by atoms with Gasteiger partial charge in [-0.25, -0.2) is 0 Å². The van der Waals surface area contributed by atoms with Gasteiger partial charge in [0.25, 0.3) is 11.5 Å². The van der Waals surface area contributed by atoms with E-state index in [4.69, 9.17) is 0 Å². The van der Waals surface area contributed by atoms with Crippen LogP contribution in [0.25, 0.3) is 10.9 Å². The van der Waals surface area contributed by atoms with Crippen molar-refractivity contribution in [1.82, 2.24) is 4.98 Å². The number of H-pyrrole nitrogens is 1. The Balaban J connectivity index is 1.83. The number of fused-ring (bicyclic) bond motifs is 1. The summed E-state index contributed by atoms with van der Waals surface area (Å²) in [4.78, 5) is 31.1. The van der Waals surface area contributed by atoms with Crippen LogP contribution in [0.15, 0.2) is 71.5 Å². The Kier molecular flexibility index (Phi) is 5.47. The van der Waals surface area contributed by atoms with Crippen LogP contribution in [0.4, 0.5) is 5.69 Å². The number of aromatic nitrogens is 1. The van der Waals surface area contributed by atoms with E-state index in [1.165, 1.54) is 0 Å². The zero-order valence-corrected chi connectivity index (χ0v) is 18.3. The zero-order chi connectivity index (χ0) is 22.1. The number of nitrogens with zero attached hydrogens (tertiary/aromatic N) is 1. The van der Waals surface area contributed by atoms with Gasteiger partial charge in [0.05, 0.1) is 6.54 Å². The first-order valence-electron chi connectivity index (χ1n) is 10.4. The van der Waals surface area contributed by atoms with E-state index in [0.717, 1.165) is 38.8 Å². The molecule has 3 aromatic carbocycles. The van der Waals surface area contributed by atoms with Gasteiger partial charge in [-0.1, -0.05) is 41.5 Å². The molecule has 4 heteroatoms. The predicted molar refractivity (Wildman–Crippen MR) is 127 cm³/mol. The Morgan fingerprint density at radius 2 is 1.45 bits per heavy atom. The smallest absolute Gasteiger partial charge is 0.258 e. The van der Waals surface area contributed by atoms with Crippen LogP contribution in [0.3, 0.4) is 0 Å². The van der Waals surface area contributed by atoms with Crippen molar-refractivity contribution >= 4 is 22.5 Å². The van der Waals surface area contributed by atoms with E-state index >= 15 is 0 Å². The SMILES string of the molecule is Cc1ccc(C(=O)N(Cc2cc3cc(C)ccc3[nH]c2=O)c2cc(C)ccc2C)cc1. The molecule has 1 aromatic heterocycles. The van der Waals surface area contributed by atoms with Crippen molar-refractivity contribution in [2.45, 2.75) is 34.2 Å². The van der Waals surface area contributed by atoms with E-state index in [9.17, 15) is 9.59 Å². The summed E-state index contributed by atoms with van der Waals surface area (Å²) in [6.07, 6.45) is 0. The van der Waals surface area contributed by atoms with Crippen molar-refractivity contribution in [3.8, 4) is 0 Å². The molecule has 1 heterocycles. The standard InChI is InChI=1S/C27H26N2O2/c1-17-6-10-21(11-7-17)27(31)29(25-14-19(3)5-9-20(25)4)16-23-15-22-13-18(2)8-12-24(22)28-26(23)30/h5-15H,16H2,1-4H3,(H,28,30). The molecule has 0 saturated carbocycles. The summed E-state index contributed by atoms with van der Waals surface area (Å²) in [7, 11) is 0. The van der Waals surface area contributed by atoms with E-state index in [2.05, 4.69) is 4.98 Å². The normalized spacial score (nSPS) is 11.0. The first-order chi connectivity index (χ1) is 14.8. The minimum absolute atomic E-state index is 0.127. The van der Waals surface area contributed by atoms with Gasteiger partial charge in [-0.15, -0.1) is 0 Å². The predicted octanol–water partition coefficient (Wildman–Crippen LogP) is 5.61. The Morgan fingerprint density at radius 3 is 2.19 bits per heavy atom. The number of rotatable bonds is 4. The van der Waals surface area contributed by atoms with Crippen LogP contribution in [0, 0.1) is 27.7 Å². The fourth-order valence-electron chi connectivity index (χ4n) is 3.79. The summed E-state index contributed by atoms with van der Waals surface area (Å²) in [6, 6.07) is 21.4. The highest BCUT2D eigenvalue weighted by molar-refractivity contribution is 6.06. The fourth-order valence-corrected chi connectivity index (χ4v) is 3.79. The number of carbonyl (C=O) groups is 1. The van der Waals surface area contributed by atoms with Gasteiger partial charge in [0.1, 0.15) is 0 Å². The molecule has 1 N–H and O–H groups in total. The van der Waals surface area contributed by atoms with Gasteiger partial charge < -0.3 is 9.88 Å².